The molecule has 3 aromatic rings. The third-order valence-corrected chi connectivity index (χ3v) is 5.31. The molecule has 4 rings (SSSR count). The van der Waals surface area contributed by atoms with Crippen LogP contribution in [0.1, 0.15) is 40.2 Å². The van der Waals surface area contributed by atoms with Gasteiger partial charge < -0.3 is 4.90 Å². The standard InChI is InChI=1S/C22H22N2O/c1-16-20(10-9-19-8-5-13-23-21(16)19)22(25)24-14-11-18(12-15-24)17-6-3-2-4-7-17/h2-10,13,18H,11-12,14-15H2,1H3. The van der Waals surface area contributed by atoms with Gasteiger partial charge in [0.15, 0.2) is 0 Å². The van der Waals surface area contributed by atoms with Gasteiger partial charge in [0.25, 0.3) is 5.91 Å². The van der Waals surface area contributed by atoms with E-state index in [2.05, 4.69) is 35.3 Å². The number of aryl methyl sites for hydroxylation is 1. The van der Waals surface area contributed by atoms with E-state index >= 15 is 0 Å². The van der Waals surface area contributed by atoms with E-state index in [-0.39, 0.29) is 5.91 Å². The van der Waals surface area contributed by atoms with Crippen LogP contribution in [0, 0.1) is 6.92 Å². The number of fused-ring (bicyclic) bond motifs is 1. The summed E-state index contributed by atoms with van der Waals surface area (Å²) in [4.78, 5) is 19.5. The van der Waals surface area contributed by atoms with Gasteiger partial charge >= 0.3 is 0 Å². The van der Waals surface area contributed by atoms with Gasteiger partial charge in [-0.25, -0.2) is 0 Å². The highest BCUT2D eigenvalue weighted by Crippen LogP contribution is 2.29. The first kappa shape index (κ1) is 15.8. The highest BCUT2D eigenvalue weighted by molar-refractivity contribution is 6.00. The molecule has 126 valence electrons. The number of nitrogens with zero attached hydrogens (tertiary/aromatic N) is 2. The normalized spacial score (nSPS) is 15.5. The molecule has 0 unspecified atom stereocenters. The van der Waals surface area contributed by atoms with E-state index in [9.17, 15) is 4.79 Å². The molecule has 3 nitrogen and oxygen atoms in total. The zero-order valence-corrected chi connectivity index (χ0v) is 14.5. The van der Waals surface area contributed by atoms with Crippen LogP contribution in [-0.2, 0) is 0 Å². The van der Waals surface area contributed by atoms with Crippen LogP contribution in [0.3, 0.4) is 0 Å². The van der Waals surface area contributed by atoms with Crippen LogP contribution in [0.15, 0.2) is 60.8 Å². The molecule has 0 saturated carbocycles. The maximum atomic E-state index is 13.0. The molecule has 0 radical (unpaired) electrons. The maximum absolute atomic E-state index is 13.0. The van der Waals surface area contributed by atoms with Gasteiger partial charge in [0.2, 0.25) is 0 Å². The number of piperidine rings is 1. The minimum atomic E-state index is 0.136. The summed E-state index contributed by atoms with van der Waals surface area (Å²) in [5.41, 5.74) is 4.07. The average molecular weight is 330 g/mol. The van der Waals surface area contributed by atoms with Crippen molar-refractivity contribution in [3.63, 3.8) is 0 Å². The summed E-state index contributed by atoms with van der Waals surface area (Å²) < 4.78 is 0. The fourth-order valence-electron chi connectivity index (χ4n) is 3.83. The van der Waals surface area contributed by atoms with Crippen LogP contribution in [0.25, 0.3) is 10.9 Å². The molecule has 2 aromatic carbocycles. The monoisotopic (exact) mass is 330 g/mol. The molecule has 1 amide bonds. The summed E-state index contributed by atoms with van der Waals surface area (Å²) in [5.74, 6) is 0.696. The van der Waals surface area contributed by atoms with Crippen LogP contribution in [0.5, 0.6) is 0 Å². The van der Waals surface area contributed by atoms with Crippen LogP contribution >= 0.6 is 0 Å². The SMILES string of the molecule is Cc1c(C(=O)N2CCC(c3ccccc3)CC2)ccc2cccnc12. The largest absolute Gasteiger partial charge is 0.339 e. The van der Waals surface area contributed by atoms with Crippen LogP contribution < -0.4 is 0 Å². The summed E-state index contributed by atoms with van der Waals surface area (Å²) in [5, 5.41) is 1.08. The number of carbonyl (C=O) groups is 1. The molecule has 3 heteroatoms. The lowest BCUT2D eigenvalue weighted by atomic mass is 9.89. The molecule has 0 bridgehead atoms. The minimum Gasteiger partial charge on any atom is -0.339 e. The van der Waals surface area contributed by atoms with Gasteiger partial charge in [0, 0.05) is 30.2 Å². The lowest BCUT2D eigenvalue weighted by Gasteiger charge is -2.32. The predicted octanol–water partition coefficient (Wildman–Crippen LogP) is 4.56. The molecule has 1 aliphatic heterocycles. The minimum absolute atomic E-state index is 0.136. The van der Waals surface area contributed by atoms with E-state index in [1.807, 2.05) is 36.1 Å². The summed E-state index contributed by atoms with van der Waals surface area (Å²) in [6.07, 6.45) is 3.84. The lowest BCUT2D eigenvalue weighted by molar-refractivity contribution is 0.0712. The number of benzene rings is 2. The van der Waals surface area contributed by atoms with Gasteiger partial charge in [0.05, 0.1) is 5.52 Å². The van der Waals surface area contributed by atoms with Crippen molar-refractivity contribution in [2.45, 2.75) is 25.7 Å². The Morgan fingerprint density at radius 1 is 1.00 bits per heavy atom. The van der Waals surface area contributed by atoms with Crippen LogP contribution in [-0.4, -0.2) is 28.9 Å². The predicted molar refractivity (Wildman–Crippen MR) is 101 cm³/mol. The average Bonchev–Trinajstić information content (AvgIpc) is 2.69. The summed E-state index contributed by atoms with van der Waals surface area (Å²) >= 11 is 0. The Bertz CT molecular complexity index is 896. The van der Waals surface area contributed by atoms with E-state index < -0.39 is 0 Å². The Morgan fingerprint density at radius 3 is 2.52 bits per heavy atom. The summed E-state index contributed by atoms with van der Waals surface area (Å²) in [7, 11) is 0. The van der Waals surface area contributed by atoms with E-state index in [1.54, 1.807) is 6.20 Å². The van der Waals surface area contributed by atoms with Gasteiger partial charge in [-0.3, -0.25) is 9.78 Å². The van der Waals surface area contributed by atoms with Crippen molar-refractivity contribution in [3.05, 3.63) is 77.5 Å². The first-order valence-electron chi connectivity index (χ1n) is 8.92. The third kappa shape index (κ3) is 3.02. The maximum Gasteiger partial charge on any atom is 0.254 e. The number of amides is 1. The molecule has 2 heterocycles. The van der Waals surface area contributed by atoms with Crippen molar-refractivity contribution < 1.29 is 4.79 Å². The van der Waals surface area contributed by atoms with Crippen LogP contribution in [0.4, 0.5) is 0 Å². The van der Waals surface area contributed by atoms with Crippen molar-refractivity contribution in [2.75, 3.05) is 13.1 Å². The zero-order chi connectivity index (χ0) is 17.2. The lowest BCUT2D eigenvalue weighted by Crippen LogP contribution is -2.38. The molecular weight excluding hydrogens is 308 g/mol. The van der Waals surface area contributed by atoms with Crippen molar-refractivity contribution in [2.24, 2.45) is 0 Å². The highest BCUT2D eigenvalue weighted by atomic mass is 16.2. The second-order valence-corrected chi connectivity index (χ2v) is 6.79. The Kier molecular flexibility index (Phi) is 4.22. The van der Waals surface area contributed by atoms with Gasteiger partial charge in [-0.05, 0) is 48.9 Å². The fourth-order valence-corrected chi connectivity index (χ4v) is 3.83. The van der Waals surface area contributed by atoms with Gasteiger partial charge in [-0.1, -0.05) is 42.5 Å². The molecule has 0 atom stereocenters. The summed E-state index contributed by atoms with van der Waals surface area (Å²) in [6, 6.07) is 18.6. The molecular formula is C22H22N2O. The first-order valence-corrected chi connectivity index (χ1v) is 8.92. The zero-order valence-electron chi connectivity index (χ0n) is 14.5. The highest BCUT2D eigenvalue weighted by Gasteiger charge is 2.25. The number of hydrogen-bond acceptors (Lipinski definition) is 2. The number of aromatic nitrogens is 1. The summed E-state index contributed by atoms with van der Waals surface area (Å²) in [6.45, 7) is 3.63. The van der Waals surface area contributed by atoms with E-state index in [1.165, 1.54) is 5.56 Å². The molecule has 0 spiro atoms. The second-order valence-electron chi connectivity index (χ2n) is 6.79. The fraction of sp³-hybridized carbons (Fsp3) is 0.273. The number of likely N-dealkylation sites (tertiary alicyclic amines) is 1. The van der Waals surface area contributed by atoms with Crippen molar-refractivity contribution in [3.8, 4) is 0 Å². The van der Waals surface area contributed by atoms with Crippen molar-refractivity contribution >= 4 is 16.8 Å². The smallest absolute Gasteiger partial charge is 0.254 e. The number of hydrogen-bond donors (Lipinski definition) is 0. The van der Waals surface area contributed by atoms with Crippen LogP contribution in [0.2, 0.25) is 0 Å². The molecule has 1 aliphatic rings. The molecule has 1 fully saturated rings. The topological polar surface area (TPSA) is 33.2 Å². The molecule has 25 heavy (non-hydrogen) atoms. The second kappa shape index (κ2) is 6.67. The Hall–Kier alpha value is -2.68. The number of carbonyl (C=O) groups excluding carboxylic acids is 1. The van der Waals surface area contributed by atoms with E-state index in [0.29, 0.717) is 5.92 Å². The number of rotatable bonds is 2. The number of pyridine rings is 1. The Labute approximate surface area is 148 Å². The Morgan fingerprint density at radius 2 is 1.76 bits per heavy atom. The quantitative estimate of drug-likeness (QED) is 0.690. The Balaban J connectivity index is 1.52. The molecule has 1 aromatic heterocycles. The molecule has 1 saturated heterocycles. The van der Waals surface area contributed by atoms with Gasteiger partial charge in [-0.2, -0.15) is 0 Å². The van der Waals surface area contributed by atoms with Crippen molar-refractivity contribution in [1.29, 1.82) is 0 Å². The van der Waals surface area contributed by atoms with Gasteiger partial charge in [-0.15, -0.1) is 0 Å². The molecule has 0 aliphatic carbocycles. The molecule has 0 N–H and O–H groups in total. The first-order chi connectivity index (χ1) is 12.2. The van der Waals surface area contributed by atoms with E-state index in [0.717, 1.165) is 48.0 Å². The van der Waals surface area contributed by atoms with E-state index in [4.69, 9.17) is 0 Å². The van der Waals surface area contributed by atoms with Gasteiger partial charge in [0.1, 0.15) is 0 Å². The third-order valence-electron chi connectivity index (χ3n) is 5.31. The van der Waals surface area contributed by atoms with Crippen molar-refractivity contribution in [1.82, 2.24) is 9.88 Å².